The summed E-state index contributed by atoms with van der Waals surface area (Å²) in [5.74, 6) is -0.364. The van der Waals surface area contributed by atoms with Crippen LogP contribution >= 0.6 is 23.4 Å². The van der Waals surface area contributed by atoms with Crippen LogP contribution < -0.4 is 0 Å². The topological polar surface area (TPSA) is 20.2 Å². The lowest BCUT2D eigenvalue weighted by Crippen LogP contribution is -2.34. The molecule has 1 N–H and O–H groups in total. The maximum Gasteiger partial charge on any atom is 0.144 e. The standard InChI is InChI=1S/C11H12ClFOS/c1-15-10-8(12)4-3-7(9(10)13)11(14)5-2-6-11/h3-4,14H,2,5-6H2,1H3. The summed E-state index contributed by atoms with van der Waals surface area (Å²) in [6.07, 6.45) is 4.00. The van der Waals surface area contributed by atoms with Crippen LogP contribution in [0.1, 0.15) is 24.8 Å². The first-order chi connectivity index (χ1) is 7.08. The van der Waals surface area contributed by atoms with Crippen LogP contribution in [-0.4, -0.2) is 11.4 Å². The van der Waals surface area contributed by atoms with Gasteiger partial charge in [0.05, 0.1) is 15.5 Å². The van der Waals surface area contributed by atoms with Gasteiger partial charge in [-0.05, 0) is 31.6 Å². The molecule has 4 heteroatoms. The molecule has 0 saturated heterocycles. The predicted octanol–water partition coefficient (Wildman–Crippen LogP) is 3.57. The zero-order valence-corrected chi connectivity index (χ0v) is 9.96. The van der Waals surface area contributed by atoms with Crippen molar-refractivity contribution in [1.29, 1.82) is 0 Å². The van der Waals surface area contributed by atoms with Crippen molar-refractivity contribution >= 4 is 23.4 Å². The van der Waals surface area contributed by atoms with Gasteiger partial charge in [-0.3, -0.25) is 0 Å². The second kappa shape index (κ2) is 3.96. The molecule has 82 valence electrons. The average Bonchev–Trinajstić information content (AvgIpc) is 2.15. The largest absolute Gasteiger partial charge is 0.385 e. The molecular weight excluding hydrogens is 235 g/mol. The fraction of sp³-hybridized carbons (Fsp3) is 0.455. The van der Waals surface area contributed by atoms with E-state index < -0.39 is 5.60 Å². The van der Waals surface area contributed by atoms with E-state index in [2.05, 4.69) is 0 Å². The van der Waals surface area contributed by atoms with E-state index in [1.165, 1.54) is 11.8 Å². The molecular formula is C11H12ClFOS. The number of rotatable bonds is 2. The number of benzene rings is 1. The molecule has 1 aromatic rings. The van der Waals surface area contributed by atoms with Gasteiger partial charge in [-0.15, -0.1) is 11.8 Å². The number of halogens is 2. The van der Waals surface area contributed by atoms with Crippen LogP contribution in [0, 0.1) is 5.82 Å². The molecule has 0 bridgehead atoms. The summed E-state index contributed by atoms with van der Waals surface area (Å²) >= 11 is 7.14. The summed E-state index contributed by atoms with van der Waals surface area (Å²) in [5.41, 5.74) is -0.568. The van der Waals surface area contributed by atoms with Crippen LogP contribution in [-0.2, 0) is 5.60 Å². The molecule has 15 heavy (non-hydrogen) atoms. The first-order valence-electron chi connectivity index (χ1n) is 4.83. The van der Waals surface area contributed by atoms with Gasteiger partial charge in [0.1, 0.15) is 5.82 Å². The molecule has 1 aliphatic rings. The summed E-state index contributed by atoms with van der Waals surface area (Å²) in [6.45, 7) is 0. The number of hydrogen-bond donors (Lipinski definition) is 1. The summed E-state index contributed by atoms with van der Waals surface area (Å²) in [4.78, 5) is 0.425. The Balaban J connectivity index is 2.49. The third-order valence-corrected chi connectivity index (χ3v) is 4.17. The maximum absolute atomic E-state index is 14.0. The van der Waals surface area contributed by atoms with Crippen molar-refractivity contribution < 1.29 is 9.50 Å². The van der Waals surface area contributed by atoms with Crippen LogP contribution in [0.25, 0.3) is 0 Å². The van der Waals surface area contributed by atoms with Gasteiger partial charge in [-0.25, -0.2) is 4.39 Å². The molecule has 0 radical (unpaired) electrons. The van der Waals surface area contributed by atoms with Crippen molar-refractivity contribution in [2.24, 2.45) is 0 Å². The normalized spacial score (nSPS) is 18.7. The highest BCUT2D eigenvalue weighted by molar-refractivity contribution is 7.98. The Bertz CT molecular complexity index is 390. The summed E-state index contributed by atoms with van der Waals surface area (Å²) in [7, 11) is 0. The molecule has 1 aliphatic carbocycles. The van der Waals surface area contributed by atoms with Gasteiger partial charge in [-0.1, -0.05) is 17.7 Å². The molecule has 0 aliphatic heterocycles. The Morgan fingerprint density at radius 2 is 2.13 bits per heavy atom. The first kappa shape index (κ1) is 11.2. The molecule has 0 heterocycles. The van der Waals surface area contributed by atoms with Crippen LogP contribution in [0.5, 0.6) is 0 Å². The van der Waals surface area contributed by atoms with E-state index in [1.54, 1.807) is 18.4 Å². The monoisotopic (exact) mass is 246 g/mol. The number of hydrogen-bond acceptors (Lipinski definition) is 2. The molecule has 0 atom stereocenters. The zero-order chi connectivity index (χ0) is 11.1. The Labute approximate surface area is 97.6 Å². The van der Waals surface area contributed by atoms with E-state index in [0.29, 0.717) is 28.3 Å². The Kier molecular flexibility index (Phi) is 2.97. The second-order valence-electron chi connectivity index (χ2n) is 3.83. The molecule has 1 fully saturated rings. The lowest BCUT2D eigenvalue weighted by atomic mass is 9.75. The van der Waals surface area contributed by atoms with Crippen molar-refractivity contribution in [2.45, 2.75) is 29.8 Å². The molecule has 1 aromatic carbocycles. The van der Waals surface area contributed by atoms with E-state index in [9.17, 15) is 9.50 Å². The minimum atomic E-state index is -0.959. The number of thioether (sulfide) groups is 1. The fourth-order valence-electron chi connectivity index (χ4n) is 1.86. The SMILES string of the molecule is CSc1c(Cl)ccc(C2(O)CCC2)c1F. The van der Waals surface area contributed by atoms with E-state index in [4.69, 9.17) is 11.6 Å². The van der Waals surface area contributed by atoms with Crippen LogP contribution in [0.4, 0.5) is 4.39 Å². The molecule has 1 nitrogen and oxygen atoms in total. The molecule has 2 rings (SSSR count). The quantitative estimate of drug-likeness (QED) is 0.805. The molecule has 0 amide bonds. The molecule has 0 unspecified atom stereocenters. The highest BCUT2D eigenvalue weighted by atomic mass is 35.5. The van der Waals surface area contributed by atoms with Crippen molar-refractivity contribution in [3.8, 4) is 0 Å². The summed E-state index contributed by atoms with van der Waals surface area (Å²) < 4.78 is 14.0. The predicted molar refractivity (Wildman–Crippen MR) is 60.9 cm³/mol. The van der Waals surface area contributed by atoms with Crippen molar-refractivity contribution in [3.63, 3.8) is 0 Å². The van der Waals surface area contributed by atoms with E-state index in [1.807, 2.05) is 0 Å². The highest BCUT2D eigenvalue weighted by Gasteiger charge is 2.39. The van der Waals surface area contributed by atoms with Crippen LogP contribution in [0.3, 0.4) is 0 Å². The number of aliphatic hydroxyl groups is 1. The summed E-state index contributed by atoms with van der Waals surface area (Å²) in [5, 5.41) is 10.5. The van der Waals surface area contributed by atoms with Crippen molar-refractivity contribution in [2.75, 3.05) is 6.26 Å². The van der Waals surface area contributed by atoms with E-state index in [0.717, 1.165) is 6.42 Å². The van der Waals surface area contributed by atoms with Crippen LogP contribution in [0.2, 0.25) is 5.02 Å². The summed E-state index contributed by atoms with van der Waals surface area (Å²) in [6, 6.07) is 3.25. The van der Waals surface area contributed by atoms with Gasteiger partial charge in [-0.2, -0.15) is 0 Å². The zero-order valence-electron chi connectivity index (χ0n) is 8.39. The van der Waals surface area contributed by atoms with Gasteiger partial charge < -0.3 is 5.11 Å². The van der Waals surface area contributed by atoms with Crippen molar-refractivity contribution in [1.82, 2.24) is 0 Å². The lowest BCUT2D eigenvalue weighted by Gasteiger charge is -2.37. The fourth-order valence-corrected chi connectivity index (χ4v) is 2.79. The maximum atomic E-state index is 14.0. The second-order valence-corrected chi connectivity index (χ2v) is 5.05. The first-order valence-corrected chi connectivity index (χ1v) is 6.43. The van der Waals surface area contributed by atoms with Gasteiger partial charge in [0.25, 0.3) is 0 Å². The Hall–Kier alpha value is -0.250. The van der Waals surface area contributed by atoms with Gasteiger partial charge in [0.15, 0.2) is 0 Å². The van der Waals surface area contributed by atoms with E-state index in [-0.39, 0.29) is 5.82 Å². The lowest BCUT2D eigenvalue weighted by molar-refractivity contribution is -0.0419. The van der Waals surface area contributed by atoms with Gasteiger partial charge in [0, 0.05) is 5.56 Å². The molecule has 1 saturated carbocycles. The average molecular weight is 247 g/mol. The van der Waals surface area contributed by atoms with Crippen LogP contribution in [0.15, 0.2) is 17.0 Å². The highest BCUT2D eigenvalue weighted by Crippen LogP contribution is 2.44. The van der Waals surface area contributed by atoms with Gasteiger partial charge in [0.2, 0.25) is 0 Å². The minimum Gasteiger partial charge on any atom is -0.385 e. The Morgan fingerprint density at radius 1 is 1.47 bits per heavy atom. The minimum absolute atomic E-state index is 0.364. The molecule has 0 spiro atoms. The third kappa shape index (κ3) is 1.77. The molecule has 0 aromatic heterocycles. The smallest absolute Gasteiger partial charge is 0.144 e. The Morgan fingerprint density at radius 3 is 2.60 bits per heavy atom. The van der Waals surface area contributed by atoms with E-state index >= 15 is 0 Å². The third-order valence-electron chi connectivity index (χ3n) is 2.94. The van der Waals surface area contributed by atoms with Crippen molar-refractivity contribution in [3.05, 3.63) is 28.5 Å². The van der Waals surface area contributed by atoms with Gasteiger partial charge >= 0.3 is 0 Å².